The summed E-state index contributed by atoms with van der Waals surface area (Å²) in [6, 6.07) is 21.1. The van der Waals surface area contributed by atoms with Crippen LogP contribution in [0.15, 0.2) is 72.9 Å². The van der Waals surface area contributed by atoms with E-state index in [4.69, 9.17) is 9.97 Å². The van der Waals surface area contributed by atoms with Gasteiger partial charge in [0, 0.05) is 12.6 Å². The molecular formula is C20H15N3O. The van der Waals surface area contributed by atoms with E-state index in [1.807, 2.05) is 42.5 Å². The minimum atomic E-state index is 0.108. The quantitative estimate of drug-likeness (QED) is 0.621. The van der Waals surface area contributed by atoms with Crippen LogP contribution in [0.5, 0.6) is 5.75 Å². The molecule has 4 heteroatoms. The number of para-hydroxylation sites is 2. The highest BCUT2D eigenvalue weighted by Crippen LogP contribution is 2.29. The molecule has 0 unspecified atom stereocenters. The Bertz CT molecular complexity index is 1000. The first-order valence-corrected chi connectivity index (χ1v) is 7.75. The van der Waals surface area contributed by atoms with E-state index >= 15 is 0 Å². The van der Waals surface area contributed by atoms with Gasteiger partial charge in [-0.25, -0.2) is 9.97 Å². The van der Waals surface area contributed by atoms with E-state index in [-0.39, 0.29) is 5.75 Å². The number of aromatic hydroxyl groups is 1. The van der Waals surface area contributed by atoms with Crippen LogP contribution in [0.4, 0.5) is 0 Å². The molecule has 4 nitrogen and oxygen atoms in total. The molecule has 4 rings (SSSR count). The SMILES string of the molecule is Oc1cccnc1-c1nc2ccccc2nc1Cc1ccccc1. The zero-order chi connectivity index (χ0) is 16.4. The first-order valence-electron chi connectivity index (χ1n) is 7.75. The second-order valence-corrected chi connectivity index (χ2v) is 5.54. The third-order valence-corrected chi connectivity index (χ3v) is 3.87. The van der Waals surface area contributed by atoms with Gasteiger partial charge in [0.25, 0.3) is 0 Å². The van der Waals surface area contributed by atoms with Crippen LogP contribution in [-0.4, -0.2) is 20.1 Å². The largest absolute Gasteiger partial charge is 0.506 e. The van der Waals surface area contributed by atoms with Crippen molar-refractivity contribution in [2.45, 2.75) is 6.42 Å². The van der Waals surface area contributed by atoms with Gasteiger partial charge in [0.2, 0.25) is 0 Å². The van der Waals surface area contributed by atoms with Gasteiger partial charge in [-0.15, -0.1) is 0 Å². The Morgan fingerprint density at radius 2 is 1.42 bits per heavy atom. The second-order valence-electron chi connectivity index (χ2n) is 5.54. The number of aromatic nitrogens is 3. The molecule has 0 aliphatic rings. The van der Waals surface area contributed by atoms with Crippen molar-refractivity contribution >= 4 is 11.0 Å². The highest BCUT2D eigenvalue weighted by molar-refractivity contribution is 5.78. The second kappa shape index (κ2) is 6.08. The smallest absolute Gasteiger partial charge is 0.143 e. The van der Waals surface area contributed by atoms with Crippen LogP contribution < -0.4 is 0 Å². The standard InChI is InChI=1S/C20H15N3O/c24-18-11-6-12-21-20(18)19-17(13-14-7-2-1-3-8-14)22-15-9-4-5-10-16(15)23-19/h1-12,24H,13H2. The highest BCUT2D eigenvalue weighted by Gasteiger charge is 2.15. The molecule has 4 aromatic rings. The van der Waals surface area contributed by atoms with Crippen LogP contribution in [0.2, 0.25) is 0 Å². The summed E-state index contributed by atoms with van der Waals surface area (Å²) in [5.74, 6) is 0.108. The summed E-state index contributed by atoms with van der Waals surface area (Å²) in [4.78, 5) is 13.8. The third kappa shape index (κ3) is 2.70. The summed E-state index contributed by atoms with van der Waals surface area (Å²) in [6.07, 6.45) is 2.28. The Kier molecular flexibility index (Phi) is 3.63. The molecule has 0 saturated heterocycles. The number of pyridine rings is 1. The zero-order valence-corrected chi connectivity index (χ0v) is 12.9. The molecule has 0 fully saturated rings. The van der Waals surface area contributed by atoms with Crippen LogP contribution in [-0.2, 0) is 6.42 Å². The van der Waals surface area contributed by atoms with Crippen molar-refractivity contribution in [3.63, 3.8) is 0 Å². The van der Waals surface area contributed by atoms with E-state index < -0.39 is 0 Å². The molecule has 2 heterocycles. The monoisotopic (exact) mass is 313 g/mol. The van der Waals surface area contributed by atoms with E-state index in [0.717, 1.165) is 22.3 Å². The van der Waals surface area contributed by atoms with Gasteiger partial charge in [0.15, 0.2) is 0 Å². The molecule has 0 bridgehead atoms. The fourth-order valence-corrected chi connectivity index (χ4v) is 2.72. The summed E-state index contributed by atoms with van der Waals surface area (Å²) in [7, 11) is 0. The summed E-state index contributed by atoms with van der Waals surface area (Å²) in [5.41, 5.74) is 4.64. The minimum absolute atomic E-state index is 0.108. The normalized spacial score (nSPS) is 10.8. The van der Waals surface area contributed by atoms with Gasteiger partial charge >= 0.3 is 0 Å². The molecule has 2 aromatic heterocycles. The molecule has 0 spiro atoms. The van der Waals surface area contributed by atoms with Crippen molar-refractivity contribution in [3.8, 4) is 17.1 Å². The Balaban J connectivity index is 1.92. The number of nitrogens with zero attached hydrogens (tertiary/aromatic N) is 3. The lowest BCUT2D eigenvalue weighted by molar-refractivity contribution is 0.474. The Morgan fingerprint density at radius 1 is 0.708 bits per heavy atom. The molecule has 24 heavy (non-hydrogen) atoms. The maximum absolute atomic E-state index is 10.2. The first-order chi connectivity index (χ1) is 11.8. The maximum atomic E-state index is 10.2. The predicted octanol–water partition coefficient (Wildman–Crippen LogP) is 3.99. The van der Waals surface area contributed by atoms with Gasteiger partial charge in [0.05, 0.1) is 16.7 Å². The number of fused-ring (bicyclic) bond motifs is 1. The first kappa shape index (κ1) is 14.3. The van der Waals surface area contributed by atoms with E-state index in [9.17, 15) is 5.11 Å². The third-order valence-electron chi connectivity index (χ3n) is 3.87. The molecule has 0 aliphatic heterocycles. The summed E-state index contributed by atoms with van der Waals surface area (Å²) in [5, 5.41) is 10.2. The predicted molar refractivity (Wildman–Crippen MR) is 93.7 cm³/mol. The maximum Gasteiger partial charge on any atom is 0.143 e. The number of rotatable bonds is 3. The molecule has 0 radical (unpaired) electrons. The average Bonchev–Trinajstić information content (AvgIpc) is 2.63. The Labute approximate surface area is 139 Å². The van der Waals surface area contributed by atoms with Crippen molar-refractivity contribution in [1.82, 2.24) is 15.0 Å². The van der Waals surface area contributed by atoms with E-state index in [1.165, 1.54) is 0 Å². The van der Waals surface area contributed by atoms with Crippen LogP contribution in [0, 0.1) is 0 Å². The minimum Gasteiger partial charge on any atom is -0.506 e. The van der Waals surface area contributed by atoms with Gasteiger partial charge in [-0.05, 0) is 29.8 Å². The van der Waals surface area contributed by atoms with Gasteiger partial charge in [-0.3, -0.25) is 4.98 Å². The zero-order valence-electron chi connectivity index (χ0n) is 12.9. The lowest BCUT2D eigenvalue weighted by Gasteiger charge is -2.10. The van der Waals surface area contributed by atoms with E-state index in [0.29, 0.717) is 17.8 Å². The van der Waals surface area contributed by atoms with Crippen LogP contribution >= 0.6 is 0 Å². The molecule has 0 aliphatic carbocycles. The van der Waals surface area contributed by atoms with Crippen LogP contribution in [0.3, 0.4) is 0 Å². The molecule has 2 aromatic carbocycles. The summed E-state index contributed by atoms with van der Waals surface area (Å²) in [6.45, 7) is 0. The highest BCUT2D eigenvalue weighted by atomic mass is 16.3. The topological polar surface area (TPSA) is 58.9 Å². The molecule has 0 amide bonds. The lowest BCUT2D eigenvalue weighted by Crippen LogP contribution is -2.01. The lowest BCUT2D eigenvalue weighted by atomic mass is 10.1. The molecule has 0 atom stereocenters. The van der Waals surface area contributed by atoms with Crippen molar-refractivity contribution in [2.24, 2.45) is 0 Å². The number of hydrogen-bond acceptors (Lipinski definition) is 4. The number of hydrogen-bond donors (Lipinski definition) is 1. The molecule has 116 valence electrons. The van der Waals surface area contributed by atoms with Gasteiger partial charge in [-0.2, -0.15) is 0 Å². The van der Waals surface area contributed by atoms with Crippen LogP contribution in [0.1, 0.15) is 11.3 Å². The molecular weight excluding hydrogens is 298 g/mol. The van der Waals surface area contributed by atoms with Crippen molar-refractivity contribution in [2.75, 3.05) is 0 Å². The Morgan fingerprint density at radius 3 is 2.17 bits per heavy atom. The summed E-state index contributed by atoms with van der Waals surface area (Å²) < 4.78 is 0. The van der Waals surface area contributed by atoms with Crippen molar-refractivity contribution in [1.29, 1.82) is 0 Å². The summed E-state index contributed by atoms with van der Waals surface area (Å²) >= 11 is 0. The average molecular weight is 313 g/mol. The van der Waals surface area contributed by atoms with E-state index in [1.54, 1.807) is 18.3 Å². The molecule has 1 N–H and O–H groups in total. The van der Waals surface area contributed by atoms with Crippen LogP contribution in [0.25, 0.3) is 22.4 Å². The van der Waals surface area contributed by atoms with Crippen molar-refractivity contribution in [3.05, 3.63) is 84.2 Å². The number of benzene rings is 2. The molecule has 0 saturated carbocycles. The van der Waals surface area contributed by atoms with E-state index in [2.05, 4.69) is 17.1 Å². The van der Waals surface area contributed by atoms with Crippen molar-refractivity contribution < 1.29 is 5.11 Å². The van der Waals surface area contributed by atoms with Gasteiger partial charge < -0.3 is 5.11 Å². The van der Waals surface area contributed by atoms with Gasteiger partial charge in [-0.1, -0.05) is 42.5 Å². The Hall–Kier alpha value is -3.27. The fraction of sp³-hybridized carbons (Fsp3) is 0.0500. The van der Waals surface area contributed by atoms with Gasteiger partial charge in [0.1, 0.15) is 17.1 Å². The fourth-order valence-electron chi connectivity index (χ4n) is 2.72.